The largest absolute Gasteiger partial charge is 0.481 e. The summed E-state index contributed by atoms with van der Waals surface area (Å²) in [5.74, 6) is -0.842. The molecule has 0 amide bonds. The Balaban J connectivity index is 2.31. The van der Waals surface area contributed by atoms with Crippen LogP contribution in [0, 0.1) is 0 Å². The lowest BCUT2D eigenvalue weighted by atomic mass is 10.1. The van der Waals surface area contributed by atoms with Crippen LogP contribution in [0.15, 0.2) is 36.7 Å². The zero-order valence-corrected chi connectivity index (χ0v) is 7.87. The quantitative estimate of drug-likeness (QED) is 0.804. The summed E-state index contributed by atoms with van der Waals surface area (Å²) < 4.78 is 1.59. The molecule has 0 aliphatic heterocycles. The molecule has 0 saturated heterocycles. The second-order valence-electron chi connectivity index (χ2n) is 3.09. The first kappa shape index (κ1) is 9.39. The first-order valence-corrected chi connectivity index (χ1v) is 4.43. The molecule has 0 spiro atoms. The Hall–Kier alpha value is -2.17. The van der Waals surface area contributed by atoms with E-state index >= 15 is 0 Å². The van der Waals surface area contributed by atoms with E-state index in [1.165, 1.54) is 0 Å². The minimum Gasteiger partial charge on any atom is -0.481 e. The average Bonchev–Trinajstić information content (AvgIpc) is 2.69. The molecule has 15 heavy (non-hydrogen) atoms. The molecule has 1 heterocycles. The van der Waals surface area contributed by atoms with Crippen LogP contribution in [0.3, 0.4) is 0 Å². The third kappa shape index (κ3) is 2.19. The summed E-state index contributed by atoms with van der Waals surface area (Å²) in [6, 6.07) is 7.20. The number of aliphatic carboxylic acids is 1. The highest BCUT2D eigenvalue weighted by molar-refractivity contribution is 5.70. The van der Waals surface area contributed by atoms with Crippen LogP contribution in [0.1, 0.15) is 5.56 Å². The summed E-state index contributed by atoms with van der Waals surface area (Å²) in [5, 5.41) is 16.2. The van der Waals surface area contributed by atoms with Crippen molar-refractivity contribution in [2.75, 3.05) is 0 Å². The first-order valence-electron chi connectivity index (χ1n) is 4.43. The lowest BCUT2D eigenvalue weighted by Gasteiger charge is -2.02. The molecular weight excluding hydrogens is 194 g/mol. The van der Waals surface area contributed by atoms with Gasteiger partial charge in [-0.2, -0.15) is 0 Å². The van der Waals surface area contributed by atoms with E-state index in [9.17, 15) is 4.79 Å². The molecule has 5 nitrogen and oxygen atoms in total. The fourth-order valence-corrected chi connectivity index (χ4v) is 1.33. The average molecular weight is 203 g/mol. The van der Waals surface area contributed by atoms with Gasteiger partial charge in [-0.3, -0.25) is 4.79 Å². The highest BCUT2D eigenvalue weighted by Gasteiger charge is 2.02. The molecule has 0 bridgehead atoms. The lowest BCUT2D eigenvalue weighted by molar-refractivity contribution is -0.136. The van der Waals surface area contributed by atoms with Crippen molar-refractivity contribution in [1.82, 2.24) is 15.0 Å². The number of rotatable bonds is 3. The minimum atomic E-state index is -0.842. The van der Waals surface area contributed by atoms with Gasteiger partial charge >= 0.3 is 5.97 Å². The van der Waals surface area contributed by atoms with Crippen LogP contribution in [0.2, 0.25) is 0 Å². The van der Waals surface area contributed by atoms with Crippen molar-refractivity contribution in [2.45, 2.75) is 6.42 Å². The van der Waals surface area contributed by atoms with E-state index in [1.807, 2.05) is 6.07 Å². The molecule has 0 aliphatic carbocycles. The van der Waals surface area contributed by atoms with Gasteiger partial charge < -0.3 is 5.11 Å². The molecule has 1 aromatic carbocycles. The zero-order chi connectivity index (χ0) is 10.7. The van der Waals surface area contributed by atoms with Crippen molar-refractivity contribution < 1.29 is 9.90 Å². The van der Waals surface area contributed by atoms with Crippen LogP contribution in [-0.4, -0.2) is 26.1 Å². The Morgan fingerprint density at radius 1 is 1.47 bits per heavy atom. The Morgan fingerprint density at radius 2 is 2.33 bits per heavy atom. The maximum Gasteiger partial charge on any atom is 0.307 e. The third-order valence-electron chi connectivity index (χ3n) is 1.95. The van der Waals surface area contributed by atoms with E-state index in [0.29, 0.717) is 0 Å². The highest BCUT2D eigenvalue weighted by Crippen LogP contribution is 2.09. The molecule has 0 unspecified atom stereocenters. The van der Waals surface area contributed by atoms with Gasteiger partial charge in [0, 0.05) is 0 Å². The van der Waals surface area contributed by atoms with Crippen LogP contribution in [0.25, 0.3) is 5.69 Å². The van der Waals surface area contributed by atoms with Crippen LogP contribution in [0.5, 0.6) is 0 Å². The number of nitrogens with zero attached hydrogens (tertiary/aromatic N) is 3. The Bertz CT molecular complexity index is 465. The van der Waals surface area contributed by atoms with E-state index in [1.54, 1.807) is 35.3 Å². The molecule has 5 heteroatoms. The first-order chi connectivity index (χ1) is 7.25. The topological polar surface area (TPSA) is 68.0 Å². The second-order valence-corrected chi connectivity index (χ2v) is 3.09. The van der Waals surface area contributed by atoms with Gasteiger partial charge in [0.25, 0.3) is 0 Å². The van der Waals surface area contributed by atoms with Gasteiger partial charge in [0.05, 0.1) is 24.5 Å². The van der Waals surface area contributed by atoms with E-state index in [0.717, 1.165) is 11.3 Å². The number of carboxylic acids is 1. The van der Waals surface area contributed by atoms with Crippen molar-refractivity contribution in [3.05, 3.63) is 42.2 Å². The van der Waals surface area contributed by atoms with E-state index in [4.69, 9.17) is 5.11 Å². The Morgan fingerprint density at radius 3 is 3.00 bits per heavy atom. The maximum absolute atomic E-state index is 10.5. The summed E-state index contributed by atoms with van der Waals surface area (Å²) in [4.78, 5) is 10.5. The normalized spacial score (nSPS) is 10.1. The molecule has 1 aromatic heterocycles. The van der Waals surface area contributed by atoms with Crippen LogP contribution >= 0.6 is 0 Å². The molecule has 0 aliphatic rings. The summed E-state index contributed by atoms with van der Waals surface area (Å²) >= 11 is 0. The van der Waals surface area contributed by atoms with Gasteiger partial charge in [0.15, 0.2) is 0 Å². The van der Waals surface area contributed by atoms with Crippen LogP contribution < -0.4 is 0 Å². The minimum absolute atomic E-state index is 0.0164. The highest BCUT2D eigenvalue weighted by atomic mass is 16.4. The molecule has 2 aromatic rings. The molecule has 76 valence electrons. The molecule has 0 radical (unpaired) electrons. The number of hydrogen-bond acceptors (Lipinski definition) is 3. The molecule has 2 rings (SSSR count). The molecule has 0 atom stereocenters. The second kappa shape index (κ2) is 3.91. The van der Waals surface area contributed by atoms with Gasteiger partial charge in [-0.05, 0) is 17.7 Å². The van der Waals surface area contributed by atoms with Crippen LogP contribution in [0.4, 0.5) is 0 Å². The molecular formula is C10H9N3O2. The zero-order valence-electron chi connectivity index (χ0n) is 7.87. The molecule has 0 saturated carbocycles. The number of benzene rings is 1. The maximum atomic E-state index is 10.5. The van der Waals surface area contributed by atoms with Crippen molar-refractivity contribution >= 4 is 5.97 Å². The van der Waals surface area contributed by atoms with Gasteiger partial charge in [-0.25, -0.2) is 4.68 Å². The summed E-state index contributed by atoms with van der Waals surface area (Å²) in [7, 11) is 0. The number of carbonyl (C=O) groups is 1. The van der Waals surface area contributed by atoms with E-state index in [-0.39, 0.29) is 6.42 Å². The van der Waals surface area contributed by atoms with Crippen molar-refractivity contribution in [1.29, 1.82) is 0 Å². The SMILES string of the molecule is O=C(O)Cc1cccc(-n2ccnn2)c1. The van der Waals surface area contributed by atoms with Gasteiger partial charge in [0.1, 0.15) is 0 Å². The summed E-state index contributed by atoms with van der Waals surface area (Å²) in [6.45, 7) is 0. The van der Waals surface area contributed by atoms with Crippen molar-refractivity contribution in [3.8, 4) is 5.69 Å². The lowest BCUT2D eigenvalue weighted by Crippen LogP contribution is -2.01. The summed E-state index contributed by atoms with van der Waals surface area (Å²) in [6.07, 6.45) is 3.30. The number of aromatic nitrogens is 3. The number of carboxylic acid groups (broad SMARTS) is 1. The number of hydrogen-bond donors (Lipinski definition) is 1. The van der Waals surface area contributed by atoms with Gasteiger partial charge in [0.2, 0.25) is 0 Å². The van der Waals surface area contributed by atoms with Crippen molar-refractivity contribution in [2.24, 2.45) is 0 Å². The predicted molar refractivity (Wildman–Crippen MR) is 52.7 cm³/mol. The fraction of sp³-hybridized carbons (Fsp3) is 0.100. The van der Waals surface area contributed by atoms with E-state index in [2.05, 4.69) is 10.3 Å². The Kier molecular flexibility index (Phi) is 2.45. The predicted octanol–water partition coefficient (Wildman–Crippen LogP) is 0.894. The molecule has 0 fully saturated rings. The van der Waals surface area contributed by atoms with Crippen molar-refractivity contribution in [3.63, 3.8) is 0 Å². The fourth-order valence-electron chi connectivity index (χ4n) is 1.33. The smallest absolute Gasteiger partial charge is 0.307 e. The molecule has 1 N–H and O–H groups in total. The summed E-state index contributed by atoms with van der Waals surface area (Å²) in [5.41, 5.74) is 1.56. The van der Waals surface area contributed by atoms with Crippen LogP contribution in [-0.2, 0) is 11.2 Å². The Labute approximate surface area is 86.0 Å². The van der Waals surface area contributed by atoms with E-state index < -0.39 is 5.97 Å². The standard InChI is InChI=1S/C10H9N3O2/c14-10(15)7-8-2-1-3-9(6-8)13-5-4-11-12-13/h1-6H,7H2,(H,14,15). The van der Waals surface area contributed by atoms with Gasteiger partial charge in [-0.1, -0.05) is 17.3 Å². The monoisotopic (exact) mass is 203 g/mol. The van der Waals surface area contributed by atoms with Gasteiger partial charge in [-0.15, -0.1) is 5.10 Å². The third-order valence-corrected chi connectivity index (χ3v) is 1.95.